The Labute approximate surface area is 103 Å². The molecule has 0 radical (unpaired) electrons. The quantitative estimate of drug-likeness (QED) is 0.856. The first kappa shape index (κ1) is 13.6. The number of phenolic OH excluding ortho intramolecular Hbond substituents is 1. The third kappa shape index (κ3) is 3.48. The highest BCUT2D eigenvalue weighted by Crippen LogP contribution is 2.24. The monoisotopic (exact) mass is 235 g/mol. The summed E-state index contributed by atoms with van der Waals surface area (Å²) in [4.78, 5) is 13.8. The lowest BCUT2D eigenvalue weighted by molar-refractivity contribution is 0.0742. The summed E-state index contributed by atoms with van der Waals surface area (Å²) in [6.07, 6.45) is 0. The number of phenols is 1. The number of aryl methyl sites for hydroxylation is 1. The maximum absolute atomic E-state index is 12.2. The maximum Gasteiger partial charge on any atom is 0.257 e. The van der Waals surface area contributed by atoms with Gasteiger partial charge in [0.2, 0.25) is 0 Å². The molecular weight excluding hydrogens is 214 g/mol. The summed E-state index contributed by atoms with van der Waals surface area (Å²) in [6, 6.07) is 5.23. The summed E-state index contributed by atoms with van der Waals surface area (Å²) in [5.41, 5.74) is 1.14. The predicted octanol–water partition coefficient (Wildman–Crippen LogP) is 2.82. The van der Waals surface area contributed by atoms with Crippen LogP contribution in [0.4, 0.5) is 0 Å². The van der Waals surface area contributed by atoms with Crippen LogP contribution in [-0.2, 0) is 0 Å². The van der Waals surface area contributed by atoms with Crippen molar-refractivity contribution in [2.24, 2.45) is 5.41 Å². The molecule has 1 amide bonds. The summed E-state index contributed by atoms with van der Waals surface area (Å²) in [5, 5.41) is 9.87. The number of amides is 1. The van der Waals surface area contributed by atoms with Gasteiger partial charge in [0.05, 0.1) is 5.56 Å². The first-order valence-electron chi connectivity index (χ1n) is 5.76. The van der Waals surface area contributed by atoms with Crippen molar-refractivity contribution in [3.8, 4) is 5.75 Å². The van der Waals surface area contributed by atoms with Gasteiger partial charge in [0, 0.05) is 13.6 Å². The number of hydrogen-bond donors (Lipinski definition) is 1. The van der Waals surface area contributed by atoms with Crippen LogP contribution in [0, 0.1) is 12.3 Å². The molecule has 0 aliphatic carbocycles. The Bertz CT molecular complexity index is 419. The van der Waals surface area contributed by atoms with Crippen LogP contribution in [0.25, 0.3) is 0 Å². The van der Waals surface area contributed by atoms with Gasteiger partial charge in [0.1, 0.15) is 5.75 Å². The molecule has 0 aromatic heterocycles. The number of para-hydroxylation sites is 1. The van der Waals surface area contributed by atoms with E-state index in [0.717, 1.165) is 5.56 Å². The topological polar surface area (TPSA) is 40.5 Å². The van der Waals surface area contributed by atoms with E-state index in [4.69, 9.17) is 0 Å². The van der Waals surface area contributed by atoms with Gasteiger partial charge in [-0.25, -0.2) is 0 Å². The van der Waals surface area contributed by atoms with Crippen molar-refractivity contribution in [1.29, 1.82) is 0 Å². The van der Waals surface area contributed by atoms with E-state index in [-0.39, 0.29) is 17.1 Å². The van der Waals surface area contributed by atoms with Gasteiger partial charge in [-0.15, -0.1) is 0 Å². The third-order valence-corrected chi connectivity index (χ3v) is 2.53. The smallest absolute Gasteiger partial charge is 0.257 e. The van der Waals surface area contributed by atoms with Gasteiger partial charge in [-0.2, -0.15) is 0 Å². The van der Waals surface area contributed by atoms with Gasteiger partial charge in [-0.05, 0) is 24.0 Å². The van der Waals surface area contributed by atoms with Crippen molar-refractivity contribution in [2.45, 2.75) is 27.7 Å². The molecule has 0 saturated heterocycles. The number of hydrogen-bond acceptors (Lipinski definition) is 2. The van der Waals surface area contributed by atoms with Gasteiger partial charge in [-0.1, -0.05) is 32.9 Å². The van der Waals surface area contributed by atoms with E-state index < -0.39 is 0 Å². The summed E-state index contributed by atoms with van der Waals surface area (Å²) in [6.45, 7) is 8.67. The van der Waals surface area contributed by atoms with Crippen LogP contribution in [0.2, 0.25) is 0 Å². The second kappa shape index (κ2) is 4.78. The van der Waals surface area contributed by atoms with E-state index in [1.807, 2.05) is 0 Å². The molecule has 1 aromatic rings. The second-order valence-corrected chi connectivity index (χ2v) is 5.69. The fourth-order valence-electron chi connectivity index (χ4n) is 1.82. The molecule has 0 aliphatic rings. The molecule has 0 atom stereocenters. The number of nitrogens with zero attached hydrogens (tertiary/aromatic N) is 1. The summed E-state index contributed by atoms with van der Waals surface area (Å²) < 4.78 is 0. The van der Waals surface area contributed by atoms with E-state index in [1.165, 1.54) is 0 Å². The molecule has 17 heavy (non-hydrogen) atoms. The number of aromatic hydroxyl groups is 1. The normalized spacial score (nSPS) is 11.4. The summed E-state index contributed by atoms with van der Waals surface area (Å²) in [5.74, 6) is -0.0561. The lowest BCUT2D eigenvalue weighted by Gasteiger charge is -2.27. The third-order valence-electron chi connectivity index (χ3n) is 2.53. The van der Waals surface area contributed by atoms with Crippen LogP contribution >= 0.6 is 0 Å². The Hall–Kier alpha value is -1.51. The number of carbonyl (C=O) groups is 1. The number of carbonyl (C=O) groups excluding carboxylic acids is 1. The first-order chi connectivity index (χ1) is 7.72. The number of benzene rings is 1. The van der Waals surface area contributed by atoms with Crippen LogP contribution in [0.1, 0.15) is 36.7 Å². The molecule has 0 saturated carbocycles. The molecule has 3 nitrogen and oxygen atoms in total. The second-order valence-electron chi connectivity index (χ2n) is 5.69. The molecule has 0 heterocycles. The zero-order valence-electron chi connectivity index (χ0n) is 11.2. The SMILES string of the molecule is Cc1cccc(C(=O)N(C)CC(C)(C)C)c1O. The van der Waals surface area contributed by atoms with E-state index in [9.17, 15) is 9.90 Å². The minimum atomic E-state index is -0.138. The minimum Gasteiger partial charge on any atom is -0.507 e. The first-order valence-corrected chi connectivity index (χ1v) is 5.76. The zero-order chi connectivity index (χ0) is 13.2. The highest BCUT2D eigenvalue weighted by Gasteiger charge is 2.21. The average Bonchev–Trinajstić information content (AvgIpc) is 2.18. The van der Waals surface area contributed by atoms with Crippen LogP contribution in [0.5, 0.6) is 5.75 Å². The Balaban J connectivity index is 2.93. The van der Waals surface area contributed by atoms with E-state index in [1.54, 1.807) is 37.1 Å². The van der Waals surface area contributed by atoms with Gasteiger partial charge in [0.25, 0.3) is 5.91 Å². The van der Waals surface area contributed by atoms with E-state index in [0.29, 0.717) is 12.1 Å². The molecule has 0 fully saturated rings. The van der Waals surface area contributed by atoms with Crippen LogP contribution in [0.3, 0.4) is 0 Å². The van der Waals surface area contributed by atoms with E-state index in [2.05, 4.69) is 20.8 Å². The molecule has 1 rings (SSSR count). The van der Waals surface area contributed by atoms with Crippen molar-refractivity contribution in [3.63, 3.8) is 0 Å². The number of rotatable bonds is 2. The highest BCUT2D eigenvalue weighted by molar-refractivity contribution is 5.97. The van der Waals surface area contributed by atoms with Crippen molar-refractivity contribution in [1.82, 2.24) is 4.90 Å². The van der Waals surface area contributed by atoms with Gasteiger partial charge in [0.15, 0.2) is 0 Å². The zero-order valence-corrected chi connectivity index (χ0v) is 11.2. The van der Waals surface area contributed by atoms with Gasteiger partial charge >= 0.3 is 0 Å². The van der Waals surface area contributed by atoms with Crippen LogP contribution < -0.4 is 0 Å². The Kier molecular flexibility index (Phi) is 3.81. The largest absolute Gasteiger partial charge is 0.507 e. The minimum absolute atomic E-state index is 0.0455. The summed E-state index contributed by atoms with van der Waals surface area (Å²) >= 11 is 0. The average molecular weight is 235 g/mol. The van der Waals surface area contributed by atoms with Crippen molar-refractivity contribution < 1.29 is 9.90 Å². The van der Waals surface area contributed by atoms with Crippen molar-refractivity contribution >= 4 is 5.91 Å². The van der Waals surface area contributed by atoms with Crippen molar-refractivity contribution in [2.75, 3.05) is 13.6 Å². The van der Waals surface area contributed by atoms with Gasteiger partial charge < -0.3 is 10.0 Å². The molecule has 0 aliphatic heterocycles. The highest BCUT2D eigenvalue weighted by atomic mass is 16.3. The molecular formula is C14H21NO2. The lowest BCUT2D eigenvalue weighted by Crippen LogP contribution is -2.34. The molecule has 1 N–H and O–H groups in total. The Morgan fingerprint density at radius 2 is 1.94 bits per heavy atom. The predicted molar refractivity (Wildman–Crippen MR) is 69.3 cm³/mol. The summed E-state index contributed by atoms with van der Waals surface area (Å²) in [7, 11) is 1.76. The molecule has 0 spiro atoms. The van der Waals surface area contributed by atoms with Crippen molar-refractivity contribution in [3.05, 3.63) is 29.3 Å². The van der Waals surface area contributed by atoms with Crippen LogP contribution in [0.15, 0.2) is 18.2 Å². The Morgan fingerprint density at radius 1 is 1.35 bits per heavy atom. The fourth-order valence-corrected chi connectivity index (χ4v) is 1.82. The van der Waals surface area contributed by atoms with Crippen LogP contribution in [-0.4, -0.2) is 29.5 Å². The fraction of sp³-hybridized carbons (Fsp3) is 0.500. The molecule has 0 unspecified atom stereocenters. The maximum atomic E-state index is 12.2. The molecule has 1 aromatic carbocycles. The van der Waals surface area contributed by atoms with Gasteiger partial charge in [-0.3, -0.25) is 4.79 Å². The Morgan fingerprint density at radius 3 is 2.47 bits per heavy atom. The molecule has 94 valence electrons. The lowest BCUT2D eigenvalue weighted by atomic mass is 9.96. The van der Waals surface area contributed by atoms with E-state index >= 15 is 0 Å². The standard InChI is InChI=1S/C14H21NO2/c1-10-7-6-8-11(12(10)16)13(17)15(5)9-14(2,3)4/h6-8,16H,9H2,1-5H3. The molecule has 0 bridgehead atoms. The molecule has 3 heteroatoms.